The van der Waals surface area contributed by atoms with Crippen molar-refractivity contribution in [1.29, 1.82) is 0 Å². The number of ketones is 1. The number of nitrogens with zero attached hydrogens (tertiary/aromatic N) is 1. The quantitative estimate of drug-likeness (QED) is 0.312. The fraction of sp³-hybridized carbons (Fsp3) is 0.310. The number of aromatic nitrogens is 1. The smallest absolute Gasteiger partial charge is 0.352 e. The number of carboxylic acids is 1. The van der Waals surface area contributed by atoms with Gasteiger partial charge < -0.3 is 19.6 Å². The lowest BCUT2D eigenvalue weighted by Gasteiger charge is -2.49. The zero-order valence-corrected chi connectivity index (χ0v) is 22.3. The minimum Gasteiger partial charge on any atom is -0.486 e. The second-order valence-corrected chi connectivity index (χ2v) is 11.2. The molecule has 0 bridgehead atoms. The van der Waals surface area contributed by atoms with Gasteiger partial charge in [0.15, 0.2) is 5.78 Å². The van der Waals surface area contributed by atoms with Gasteiger partial charge in [0.1, 0.15) is 30.5 Å². The molecular formula is C29H25FN2O7S. The molecule has 1 fully saturated rings. The summed E-state index contributed by atoms with van der Waals surface area (Å²) in [6.07, 6.45) is 1.45. The number of Topliss-reactive ketones (excluding diaryl/α,β-unsaturated/α-hetero) is 1. The van der Waals surface area contributed by atoms with Gasteiger partial charge in [-0.25, -0.2) is 9.18 Å². The van der Waals surface area contributed by atoms with Crippen LogP contribution in [0.3, 0.4) is 0 Å². The molecule has 6 rings (SSSR count). The van der Waals surface area contributed by atoms with Gasteiger partial charge in [-0.15, -0.1) is 11.8 Å². The second kappa shape index (κ2) is 10.1. The van der Waals surface area contributed by atoms with Crippen LogP contribution in [0.1, 0.15) is 24.5 Å². The molecule has 3 aliphatic rings. The molecule has 206 valence electrons. The number of esters is 1. The number of rotatable bonds is 8. The van der Waals surface area contributed by atoms with Crippen molar-refractivity contribution in [3.8, 4) is 17.0 Å². The van der Waals surface area contributed by atoms with E-state index in [-0.39, 0.29) is 42.7 Å². The van der Waals surface area contributed by atoms with Gasteiger partial charge in [-0.2, -0.15) is 0 Å². The minimum atomic E-state index is -1.27. The number of H-pyrrole nitrogens is 1. The van der Waals surface area contributed by atoms with Crippen molar-refractivity contribution in [1.82, 2.24) is 9.88 Å². The molecular weight excluding hydrogens is 539 g/mol. The highest BCUT2D eigenvalue weighted by Crippen LogP contribution is 2.45. The van der Waals surface area contributed by atoms with E-state index in [4.69, 9.17) is 9.47 Å². The highest BCUT2D eigenvalue weighted by Gasteiger charge is 2.53. The Labute approximate surface area is 232 Å². The van der Waals surface area contributed by atoms with Gasteiger partial charge in [-0.1, -0.05) is 0 Å². The summed E-state index contributed by atoms with van der Waals surface area (Å²) in [6.45, 7) is 0.819. The molecule has 2 N–H and O–H groups in total. The fourth-order valence-electron chi connectivity index (χ4n) is 5.67. The molecule has 1 saturated heterocycles. The summed E-state index contributed by atoms with van der Waals surface area (Å²) in [6, 6.07) is 10.3. The number of carbonyl (C=O) groups excluding carboxylic acids is 3. The number of hydrogen-bond donors (Lipinski definition) is 2. The molecule has 3 heterocycles. The van der Waals surface area contributed by atoms with Crippen LogP contribution in [0.2, 0.25) is 0 Å². The first kappa shape index (κ1) is 26.1. The molecule has 0 radical (unpaired) electrons. The number of fused-ring (bicyclic) bond motifs is 6. The van der Waals surface area contributed by atoms with Crippen LogP contribution < -0.4 is 4.74 Å². The molecule has 3 aromatic rings. The average molecular weight is 565 g/mol. The van der Waals surface area contributed by atoms with E-state index in [1.807, 2.05) is 12.1 Å². The van der Waals surface area contributed by atoms with E-state index in [2.05, 4.69) is 4.98 Å². The lowest BCUT2D eigenvalue weighted by Crippen LogP contribution is -2.62. The van der Waals surface area contributed by atoms with E-state index in [0.29, 0.717) is 11.3 Å². The van der Waals surface area contributed by atoms with E-state index < -0.39 is 29.1 Å². The summed E-state index contributed by atoms with van der Waals surface area (Å²) in [4.78, 5) is 53.2. The highest BCUT2D eigenvalue weighted by molar-refractivity contribution is 8.00. The van der Waals surface area contributed by atoms with Gasteiger partial charge in [0.2, 0.25) is 5.91 Å². The Balaban J connectivity index is 1.09. The van der Waals surface area contributed by atoms with Crippen LogP contribution in [0.5, 0.6) is 5.75 Å². The third-order valence-electron chi connectivity index (χ3n) is 7.52. The molecule has 0 unspecified atom stereocenters. The molecule has 9 nitrogen and oxygen atoms in total. The van der Waals surface area contributed by atoms with Gasteiger partial charge >= 0.3 is 11.9 Å². The number of nitrogens with one attached hydrogen (secondary N) is 1. The van der Waals surface area contributed by atoms with Crippen LogP contribution >= 0.6 is 11.8 Å². The predicted octanol–water partition coefficient (Wildman–Crippen LogP) is 3.84. The number of aromatic amines is 1. The molecule has 1 aromatic heterocycles. The van der Waals surface area contributed by atoms with Crippen molar-refractivity contribution in [2.75, 3.05) is 19.0 Å². The van der Waals surface area contributed by atoms with Gasteiger partial charge in [0.25, 0.3) is 0 Å². The minimum absolute atomic E-state index is 0.0564. The van der Waals surface area contributed by atoms with Crippen LogP contribution in [-0.2, 0) is 36.8 Å². The van der Waals surface area contributed by atoms with Gasteiger partial charge in [0.05, 0.1) is 11.3 Å². The second-order valence-electron chi connectivity index (χ2n) is 10.1. The van der Waals surface area contributed by atoms with Gasteiger partial charge in [-0.3, -0.25) is 19.3 Å². The molecule has 2 aliphatic heterocycles. The van der Waals surface area contributed by atoms with Crippen LogP contribution in [0.4, 0.5) is 4.39 Å². The van der Waals surface area contributed by atoms with E-state index in [1.165, 1.54) is 29.7 Å². The predicted molar refractivity (Wildman–Crippen MR) is 144 cm³/mol. The third kappa shape index (κ3) is 4.53. The Morgan fingerprint density at radius 3 is 2.77 bits per heavy atom. The summed E-state index contributed by atoms with van der Waals surface area (Å²) >= 11 is 1.35. The lowest BCUT2D eigenvalue weighted by molar-refractivity contribution is -0.154. The van der Waals surface area contributed by atoms with Crippen molar-refractivity contribution >= 4 is 46.3 Å². The molecule has 0 saturated carbocycles. The molecule has 1 amide bonds. The van der Waals surface area contributed by atoms with Crippen LogP contribution in [0, 0.1) is 11.7 Å². The first-order valence-corrected chi connectivity index (χ1v) is 13.9. The average Bonchev–Trinajstić information content (AvgIpc) is 3.30. The first-order valence-electron chi connectivity index (χ1n) is 12.8. The zero-order chi connectivity index (χ0) is 28.1. The Morgan fingerprint density at radius 1 is 1.18 bits per heavy atom. The maximum absolute atomic E-state index is 13.8. The topological polar surface area (TPSA) is 126 Å². The number of benzene rings is 2. The van der Waals surface area contributed by atoms with Crippen LogP contribution in [-0.4, -0.2) is 63.0 Å². The Bertz CT molecular complexity index is 1630. The molecule has 2 aromatic carbocycles. The number of β-lactam (4-membered cyclic amide) rings is 1. The first-order chi connectivity index (χ1) is 19.2. The van der Waals surface area contributed by atoms with E-state index in [1.54, 1.807) is 18.2 Å². The molecule has 0 spiro atoms. The number of ether oxygens (including phenoxy) is 2. The number of thioether (sulfide) groups is 1. The van der Waals surface area contributed by atoms with Crippen molar-refractivity contribution in [2.24, 2.45) is 5.92 Å². The number of carboxylic acid groups (broad SMARTS) is 1. The van der Waals surface area contributed by atoms with Crippen molar-refractivity contribution < 1.29 is 38.1 Å². The molecule has 11 heteroatoms. The number of aliphatic carboxylic acids is 1. The third-order valence-corrected chi connectivity index (χ3v) is 8.91. The number of amides is 1. The lowest BCUT2D eigenvalue weighted by atomic mass is 9.89. The zero-order valence-electron chi connectivity index (χ0n) is 21.5. The van der Waals surface area contributed by atoms with Crippen molar-refractivity contribution in [2.45, 2.75) is 31.6 Å². The summed E-state index contributed by atoms with van der Waals surface area (Å²) < 4.78 is 24.5. The van der Waals surface area contributed by atoms with Crippen LogP contribution in [0.15, 0.2) is 47.7 Å². The van der Waals surface area contributed by atoms with E-state index in [9.17, 15) is 28.7 Å². The maximum Gasteiger partial charge on any atom is 0.352 e. The standard InChI is InChI=1S/C29H25FN2O7S/c1-14(33)38-11-16-13-40-28-23(27(35)32(28)26(16)29(36)37)10-18(34)12-39-19-4-6-20-15(8-19)2-5-21-22-9-17(30)3-7-24(22)31-25(20)21/h3-4,6-9,23,28,31H,2,5,10-13H2,1H3,(H,36,37)/t23-,28-/m1/s1. The largest absolute Gasteiger partial charge is 0.486 e. The number of hydrogen-bond acceptors (Lipinski definition) is 7. The Hall–Kier alpha value is -4.12. The Kier molecular flexibility index (Phi) is 6.61. The van der Waals surface area contributed by atoms with Crippen LogP contribution in [0.25, 0.3) is 22.2 Å². The molecule has 40 heavy (non-hydrogen) atoms. The molecule has 1 aliphatic carbocycles. The van der Waals surface area contributed by atoms with Gasteiger partial charge in [0, 0.05) is 46.8 Å². The van der Waals surface area contributed by atoms with Crippen molar-refractivity contribution in [3.05, 3.63) is 64.6 Å². The number of halogens is 1. The fourth-order valence-corrected chi connectivity index (χ4v) is 7.06. The summed E-state index contributed by atoms with van der Waals surface area (Å²) in [5.41, 5.74) is 5.19. The molecule has 2 atom stereocenters. The maximum atomic E-state index is 13.8. The highest BCUT2D eigenvalue weighted by atomic mass is 32.2. The number of aryl methyl sites for hydroxylation is 2. The Morgan fingerprint density at radius 2 is 2.00 bits per heavy atom. The normalized spacial score (nSPS) is 19.4. The summed E-state index contributed by atoms with van der Waals surface area (Å²) in [5.74, 6) is -2.60. The number of carbonyl (C=O) groups is 4. The van der Waals surface area contributed by atoms with E-state index >= 15 is 0 Å². The summed E-state index contributed by atoms with van der Waals surface area (Å²) in [5, 5.41) is 10.1. The summed E-state index contributed by atoms with van der Waals surface area (Å²) in [7, 11) is 0. The van der Waals surface area contributed by atoms with Crippen molar-refractivity contribution in [3.63, 3.8) is 0 Å². The van der Waals surface area contributed by atoms with E-state index in [0.717, 1.165) is 46.1 Å². The monoisotopic (exact) mass is 564 g/mol. The SMILES string of the molecule is CC(=O)OCC1=C(C(=O)O)N2C(=O)[C@@H](CC(=O)COc3ccc4c(c3)CCc3c-4[nH]c4ccc(F)cc34)[C@H]2SC1. The van der Waals surface area contributed by atoms with Gasteiger partial charge in [-0.05, 0) is 60.4 Å².